The lowest BCUT2D eigenvalue weighted by Crippen LogP contribution is -2.41. The standard InChI is InChI=1S/C15H24BNO2/c1-13(2,3)11-8-9-12(17-10-11)16-18-14(4,5)15(6,7)19-16/h8-10H,1-7H3. The first kappa shape index (κ1) is 14.5. The summed E-state index contributed by atoms with van der Waals surface area (Å²) in [6.07, 6.45) is 1.92. The van der Waals surface area contributed by atoms with Crippen molar-refractivity contribution >= 4 is 12.7 Å². The minimum absolute atomic E-state index is 0.113. The average Bonchev–Trinajstić information content (AvgIpc) is 2.47. The average molecular weight is 261 g/mol. The molecule has 1 aromatic rings. The van der Waals surface area contributed by atoms with Crippen molar-refractivity contribution in [2.24, 2.45) is 0 Å². The predicted octanol–water partition coefficient (Wildman–Crippen LogP) is 2.68. The van der Waals surface area contributed by atoms with Crippen LogP contribution in [-0.4, -0.2) is 23.3 Å². The van der Waals surface area contributed by atoms with E-state index in [4.69, 9.17) is 9.31 Å². The number of nitrogens with zero attached hydrogens (tertiary/aromatic N) is 1. The molecule has 1 aliphatic rings. The summed E-state index contributed by atoms with van der Waals surface area (Å²) in [6, 6.07) is 4.11. The summed E-state index contributed by atoms with van der Waals surface area (Å²) in [5.74, 6) is 0. The lowest BCUT2D eigenvalue weighted by molar-refractivity contribution is 0.00578. The van der Waals surface area contributed by atoms with Gasteiger partial charge in [-0.2, -0.15) is 0 Å². The van der Waals surface area contributed by atoms with Crippen molar-refractivity contribution in [3.05, 3.63) is 23.9 Å². The third kappa shape index (κ3) is 2.70. The zero-order valence-electron chi connectivity index (χ0n) is 13.1. The molecule has 2 heterocycles. The van der Waals surface area contributed by atoms with Gasteiger partial charge in [-0.05, 0) is 44.7 Å². The van der Waals surface area contributed by atoms with Gasteiger partial charge in [0.2, 0.25) is 0 Å². The molecule has 1 aliphatic heterocycles. The quantitative estimate of drug-likeness (QED) is 0.728. The van der Waals surface area contributed by atoms with Gasteiger partial charge in [-0.3, -0.25) is 4.98 Å². The van der Waals surface area contributed by atoms with Crippen LogP contribution in [0.2, 0.25) is 0 Å². The molecule has 0 spiro atoms. The van der Waals surface area contributed by atoms with E-state index in [0.29, 0.717) is 0 Å². The molecule has 0 radical (unpaired) electrons. The van der Waals surface area contributed by atoms with Crippen LogP contribution in [0.4, 0.5) is 0 Å². The Balaban J connectivity index is 2.22. The normalized spacial score (nSPS) is 21.7. The van der Waals surface area contributed by atoms with Gasteiger partial charge in [-0.1, -0.05) is 26.8 Å². The fourth-order valence-corrected chi connectivity index (χ4v) is 1.95. The Bertz CT molecular complexity index is 444. The summed E-state index contributed by atoms with van der Waals surface area (Å²) >= 11 is 0. The van der Waals surface area contributed by atoms with E-state index in [0.717, 1.165) is 5.59 Å². The second-order valence-electron chi connectivity index (χ2n) is 7.31. The molecule has 0 aromatic carbocycles. The molecule has 0 saturated carbocycles. The molecule has 0 atom stereocenters. The molecule has 3 nitrogen and oxygen atoms in total. The van der Waals surface area contributed by atoms with Crippen LogP contribution in [0.1, 0.15) is 54.0 Å². The Morgan fingerprint density at radius 1 is 1.00 bits per heavy atom. The maximum Gasteiger partial charge on any atom is 0.514 e. The third-order valence-corrected chi connectivity index (χ3v) is 4.15. The monoisotopic (exact) mass is 261 g/mol. The van der Waals surface area contributed by atoms with Gasteiger partial charge in [-0.15, -0.1) is 0 Å². The Morgan fingerprint density at radius 2 is 1.53 bits per heavy atom. The number of hydrogen-bond donors (Lipinski definition) is 0. The van der Waals surface area contributed by atoms with Crippen LogP contribution >= 0.6 is 0 Å². The summed E-state index contributed by atoms with van der Waals surface area (Å²) in [7, 11) is -0.376. The van der Waals surface area contributed by atoms with Crippen LogP contribution < -0.4 is 5.59 Å². The van der Waals surface area contributed by atoms with Crippen molar-refractivity contribution in [1.29, 1.82) is 0 Å². The molecule has 19 heavy (non-hydrogen) atoms. The van der Waals surface area contributed by atoms with E-state index in [1.807, 2.05) is 12.3 Å². The van der Waals surface area contributed by atoms with E-state index in [1.165, 1.54) is 5.56 Å². The van der Waals surface area contributed by atoms with Gasteiger partial charge in [0.05, 0.1) is 16.8 Å². The molecule has 1 saturated heterocycles. The van der Waals surface area contributed by atoms with Crippen LogP contribution in [0.3, 0.4) is 0 Å². The van der Waals surface area contributed by atoms with Gasteiger partial charge in [0.25, 0.3) is 0 Å². The first-order chi connectivity index (χ1) is 8.53. The van der Waals surface area contributed by atoms with E-state index in [-0.39, 0.29) is 23.7 Å². The fourth-order valence-electron chi connectivity index (χ4n) is 1.95. The number of hydrogen-bond acceptors (Lipinski definition) is 3. The van der Waals surface area contributed by atoms with Crippen molar-refractivity contribution in [3.63, 3.8) is 0 Å². The Kier molecular flexibility index (Phi) is 3.31. The predicted molar refractivity (Wildman–Crippen MR) is 78.7 cm³/mol. The molecule has 2 rings (SSSR count). The highest BCUT2D eigenvalue weighted by molar-refractivity contribution is 6.61. The highest BCUT2D eigenvalue weighted by atomic mass is 16.7. The largest absolute Gasteiger partial charge is 0.514 e. The second-order valence-corrected chi connectivity index (χ2v) is 7.31. The van der Waals surface area contributed by atoms with Crippen LogP contribution in [0.15, 0.2) is 18.3 Å². The van der Waals surface area contributed by atoms with Crippen LogP contribution in [-0.2, 0) is 14.7 Å². The van der Waals surface area contributed by atoms with E-state index >= 15 is 0 Å². The van der Waals surface area contributed by atoms with Crippen molar-refractivity contribution in [3.8, 4) is 0 Å². The van der Waals surface area contributed by atoms with E-state index in [1.54, 1.807) is 0 Å². The highest BCUT2D eigenvalue weighted by Gasteiger charge is 2.52. The molecular weight excluding hydrogens is 237 g/mol. The van der Waals surface area contributed by atoms with Gasteiger partial charge in [0.1, 0.15) is 0 Å². The SMILES string of the molecule is CC(C)(C)c1ccc(B2OC(C)(C)C(C)(C)O2)nc1. The third-order valence-electron chi connectivity index (χ3n) is 4.15. The molecule has 0 amide bonds. The summed E-state index contributed by atoms with van der Waals surface area (Å²) in [5.41, 5.74) is 1.53. The molecule has 0 N–H and O–H groups in total. The summed E-state index contributed by atoms with van der Waals surface area (Å²) in [6.45, 7) is 14.7. The van der Waals surface area contributed by atoms with Crippen molar-refractivity contribution in [2.75, 3.05) is 0 Å². The maximum absolute atomic E-state index is 5.99. The van der Waals surface area contributed by atoms with Gasteiger partial charge in [-0.25, -0.2) is 0 Å². The number of aromatic nitrogens is 1. The molecule has 1 fully saturated rings. The minimum atomic E-state index is -0.376. The molecule has 1 aromatic heterocycles. The Morgan fingerprint density at radius 3 is 1.89 bits per heavy atom. The zero-order valence-corrected chi connectivity index (χ0v) is 13.1. The number of rotatable bonds is 1. The van der Waals surface area contributed by atoms with Gasteiger partial charge in [0.15, 0.2) is 0 Å². The molecule has 0 bridgehead atoms. The Hall–Kier alpha value is -0.865. The van der Waals surface area contributed by atoms with Gasteiger partial charge in [0, 0.05) is 6.20 Å². The molecule has 104 valence electrons. The molecule has 0 aliphatic carbocycles. The summed E-state index contributed by atoms with van der Waals surface area (Å²) in [4.78, 5) is 4.51. The zero-order chi connectivity index (χ0) is 14.5. The Labute approximate surface area is 116 Å². The summed E-state index contributed by atoms with van der Waals surface area (Å²) < 4.78 is 12.0. The van der Waals surface area contributed by atoms with E-state index in [9.17, 15) is 0 Å². The lowest BCUT2D eigenvalue weighted by atomic mass is 9.82. The first-order valence-corrected chi connectivity index (χ1v) is 6.85. The number of pyridine rings is 1. The van der Waals surface area contributed by atoms with E-state index in [2.05, 4.69) is 59.5 Å². The molecular formula is C15H24BNO2. The minimum Gasteiger partial charge on any atom is -0.398 e. The lowest BCUT2D eigenvalue weighted by Gasteiger charge is -2.32. The topological polar surface area (TPSA) is 31.4 Å². The first-order valence-electron chi connectivity index (χ1n) is 6.85. The van der Waals surface area contributed by atoms with Crippen LogP contribution in [0.5, 0.6) is 0 Å². The van der Waals surface area contributed by atoms with Crippen molar-refractivity contribution in [2.45, 2.75) is 65.1 Å². The van der Waals surface area contributed by atoms with Crippen molar-refractivity contribution in [1.82, 2.24) is 4.98 Å². The van der Waals surface area contributed by atoms with E-state index < -0.39 is 0 Å². The second kappa shape index (κ2) is 4.32. The summed E-state index contributed by atoms with van der Waals surface area (Å²) in [5, 5.41) is 0. The smallest absolute Gasteiger partial charge is 0.398 e. The van der Waals surface area contributed by atoms with Gasteiger partial charge < -0.3 is 9.31 Å². The molecule has 0 unspecified atom stereocenters. The van der Waals surface area contributed by atoms with Gasteiger partial charge >= 0.3 is 7.12 Å². The van der Waals surface area contributed by atoms with Crippen molar-refractivity contribution < 1.29 is 9.31 Å². The highest BCUT2D eigenvalue weighted by Crippen LogP contribution is 2.36. The molecule has 4 heteroatoms. The fraction of sp³-hybridized carbons (Fsp3) is 0.667. The van der Waals surface area contributed by atoms with Crippen LogP contribution in [0.25, 0.3) is 0 Å². The van der Waals surface area contributed by atoms with Crippen LogP contribution in [0, 0.1) is 0 Å². The maximum atomic E-state index is 5.99.